The van der Waals surface area contributed by atoms with Crippen LogP contribution >= 0.6 is 43.5 Å². The third-order valence-corrected chi connectivity index (χ3v) is 4.28. The van der Waals surface area contributed by atoms with Crippen molar-refractivity contribution in [3.8, 4) is 0 Å². The third-order valence-electron chi connectivity index (χ3n) is 2.52. The quantitative estimate of drug-likeness (QED) is 0.653. The van der Waals surface area contributed by atoms with Gasteiger partial charge in [0.15, 0.2) is 5.78 Å². The zero-order valence-corrected chi connectivity index (χ0v) is 13.2. The molecule has 0 fully saturated rings. The summed E-state index contributed by atoms with van der Waals surface area (Å²) in [5.74, 6) is 0.0618. The van der Waals surface area contributed by atoms with E-state index in [1.807, 2.05) is 24.3 Å². The molecule has 0 aliphatic carbocycles. The number of halogens is 3. The number of rotatable bonds is 3. The second-order valence-corrected chi connectivity index (χ2v) is 6.03. The van der Waals surface area contributed by atoms with Crippen LogP contribution in [0.25, 0.3) is 0 Å². The molecule has 0 aliphatic heterocycles. The number of hydrogen-bond acceptors (Lipinski definition) is 1. The second kappa shape index (κ2) is 6.00. The number of Topliss-reactive ketones (excluding diaryl/α,β-unsaturated/α-hetero) is 1. The average molecular weight is 388 g/mol. The summed E-state index contributed by atoms with van der Waals surface area (Å²) in [5.41, 5.74) is 1.62. The van der Waals surface area contributed by atoms with Gasteiger partial charge in [-0.1, -0.05) is 45.7 Å². The van der Waals surface area contributed by atoms with E-state index in [0.717, 1.165) is 14.5 Å². The van der Waals surface area contributed by atoms with Crippen LogP contribution in [0.2, 0.25) is 5.02 Å². The summed E-state index contributed by atoms with van der Waals surface area (Å²) >= 11 is 12.6. The normalized spacial score (nSPS) is 10.4. The van der Waals surface area contributed by atoms with Gasteiger partial charge in [0.2, 0.25) is 0 Å². The van der Waals surface area contributed by atoms with E-state index in [4.69, 9.17) is 11.6 Å². The van der Waals surface area contributed by atoms with Gasteiger partial charge < -0.3 is 0 Å². The van der Waals surface area contributed by atoms with Gasteiger partial charge in [0.05, 0.1) is 5.02 Å². The van der Waals surface area contributed by atoms with E-state index < -0.39 is 0 Å². The van der Waals surface area contributed by atoms with Gasteiger partial charge in [-0.25, -0.2) is 0 Å². The Morgan fingerprint density at radius 3 is 2.33 bits per heavy atom. The van der Waals surface area contributed by atoms with Crippen LogP contribution in [-0.2, 0) is 6.42 Å². The summed E-state index contributed by atoms with van der Waals surface area (Å²) in [5, 5.41) is 0.552. The molecule has 4 heteroatoms. The molecule has 2 aromatic rings. The standard InChI is InChI=1S/C14H9Br2ClO/c15-11-4-1-9(2-5-11)7-14(18)10-3-6-12(16)13(17)8-10/h1-6,8H,7H2. The van der Waals surface area contributed by atoms with E-state index in [2.05, 4.69) is 31.9 Å². The minimum Gasteiger partial charge on any atom is -0.294 e. The van der Waals surface area contributed by atoms with Gasteiger partial charge in [-0.2, -0.15) is 0 Å². The molecule has 0 saturated carbocycles. The Hall–Kier alpha value is -0.640. The summed E-state index contributed by atoms with van der Waals surface area (Å²) in [4.78, 5) is 12.1. The molecule has 0 aliphatic rings. The molecule has 0 saturated heterocycles. The molecule has 0 unspecified atom stereocenters. The van der Waals surface area contributed by atoms with Gasteiger partial charge >= 0.3 is 0 Å². The van der Waals surface area contributed by atoms with Crippen molar-refractivity contribution in [1.29, 1.82) is 0 Å². The van der Waals surface area contributed by atoms with Gasteiger partial charge in [-0.15, -0.1) is 0 Å². The third kappa shape index (κ3) is 3.44. The van der Waals surface area contributed by atoms with Gasteiger partial charge in [-0.3, -0.25) is 4.79 Å². The van der Waals surface area contributed by atoms with Crippen LogP contribution in [0.3, 0.4) is 0 Å². The summed E-state index contributed by atoms with van der Waals surface area (Å²) in [6.45, 7) is 0. The Bertz CT molecular complexity index is 579. The largest absolute Gasteiger partial charge is 0.294 e. The van der Waals surface area contributed by atoms with Crippen LogP contribution in [0.1, 0.15) is 15.9 Å². The lowest BCUT2D eigenvalue weighted by Gasteiger charge is -2.03. The first kappa shape index (κ1) is 13.8. The van der Waals surface area contributed by atoms with Gasteiger partial charge in [0.1, 0.15) is 0 Å². The van der Waals surface area contributed by atoms with Crippen LogP contribution in [0.5, 0.6) is 0 Å². The Morgan fingerprint density at radius 1 is 1.06 bits per heavy atom. The maximum atomic E-state index is 12.1. The smallest absolute Gasteiger partial charge is 0.167 e. The van der Waals surface area contributed by atoms with Crippen LogP contribution in [0.4, 0.5) is 0 Å². The summed E-state index contributed by atoms with van der Waals surface area (Å²) in [7, 11) is 0. The molecule has 0 amide bonds. The molecular weight excluding hydrogens is 379 g/mol. The molecule has 0 bridgehead atoms. The summed E-state index contributed by atoms with van der Waals surface area (Å²) in [6.07, 6.45) is 0.380. The van der Waals surface area contributed by atoms with E-state index in [-0.39, 0.29) is 5.78 Å². The second-order valence-electron chi connectivity index (χ2n) is 3.86. The number of benzene rings is 2. The Labute approximate surface area is 127 Å². The highest BCUT2D eigenvalue weighted by atomic mass is 79.9. The highest BCUT2D eigenvalue weighted by molar-refractivity contribution is 9.10. The number of carbonyl (C=O) groups is 1. The van der Waals surface area contributed by atoms with Gasteiger partial charge in [-0.05, 0) is 45.8 Å². The lowest BCUT2D eigenvalue weighted by Crippen LogP contribution is -2.03. The fourth-order valence-corrected chi connectivity index (χ4v) is 2.25. The van der Waals surface area contributed by atoms with Crippen molar-refractivity contribution < 1.29 is 4.79 Å². The molecule has 2 rings (SSSR count). The van der Waals surface area contributed by atoms with Crippen molar-refractivity contribution in [1.82, 2.24) is 0 Å². The molecule has 2 aromatic carbocycles. The van der Waals surface area contributed by atoms with E-state index in [9.17, 15) is 4.79 Å². The van der Waals surface area contributed by atoms with Crippen molar-refractivity contribution in [3.05, 3.63) is 67.6 Å². The predicted molar refractivity (Wildman–Crippen MR) is 81.3 cm³/mol. The molecule has 18 heavy (non-hydrogen) atoms. The van der Waals surface area contributed by atoms with Crippen molar-refractivity contribution in [2.45, 2.75) is 6.42 Å². The Kier molecular flexibility index (Phi) is 4.60. The van der Waals surface area contributed by atoms with Crippen LogP contribution in [0, 0.1) is 0 Å². The Morgan fingerprint density at radius 2 is 1.72 bits per heavy atom. The zero-order chi connectivity index (χ0) is 13.1. The minimum atomic E-state index is 0.0618. The molecule has 0 aromatic heterocycles. The zero-order valence-electron chi connectivity index (χ0n) is 9.29. The fourth-order valence-electron chi connectivity index (χ4n) is 1.56. The molecule has 0 heterocycles. The van der Waals surface area contributed by atoms with E-state index in [1.54, 1.807) is 18.2 Å². The van der Waals surface area contributed by atoms with E-state index >= 15 is 0 Å². The molecule has 92 valence electrons. The molecular formula is C14H9Br2ClO. The highest BCUT2D eigenvalue weighted by Crippen LogP contribution is 2.24. The fraction of sp³-hybridized carbons (Fsp3) is 0.0714. The molecule has 0 atom stereocenters. The van der Waals surface area contributed by atoms with Crippen LogP contribution in [-0.4, -0.2) is 5.78 Å². The van der Waals surface area contributed by atoms with Crippen molar-refractivity contribution in [2.24, 2.45) is 0 Å². The lowest BCUT2D eigenvalue weighted by molar-refractivity contribution is 0.0993. The predicted octanol–water partition coefficient (Wildman–Crippen LogP) is 5.29. The minimum absolute atomic E-state index is 0.0618. The molecule has 0 radical (unpaired) electrons. The van der Waals surface area contributed by atoms with Gasteiger partial charge in [0.25, 0.3) is 0 Å². The SMILES string of the molecule is O=C(Cc1ccc(Br)cc1)c1ccc(Br)c(Cl)c1. The molecule has 0 N–H and O–H groups in total. The lowest BCUT2D eigenvalue weighted by atomic mass is 10.0. The van der Waals surface area contributed by atoms with E-state index in [1.165, 1.54) is 0 Å². The maximum absolute atomic E-state index is 12.1. The molecule has 0 spiro atoms. The van der Waals surface area contributed by atoms with Crippen molar-refractivity contribution in [3.63, 3.8) is 0 Å². The van der Waals surface area contributed by atoms with E-state index in [0.29, 0.717) is 17.0 Å². The topological polar surface area (TPSA) is 17.1 Å². The number of ketones is 1. The van der Waals surface area contributed by atoms with Crippen molar-refractivity contribution in [2.75, 3.05) is 0 Å². The average Bonchev–Trinajstić information content (AvgIpc) is 2.35. The van der Waals surface area contributed by atoms with Crippen LogP contribution in [0.15, 0.2) is 51.4 Å². The Balaban J connectivity index is 2.16. The molecule has 1 nitrogen and oxygen atoms in total. The highest BCUT2D eigenvalue weighted by Gasteiger charge is 2.09. The van der Waals surface area contributed by atoms with Crippen molar-refractivity contribution >= 4 is 49.2 Å². The van der Waals surface area contributed by atoms with Crippen LogP contribution < -0.4 is 0 Å². The number of carbonyl (C=O) groups excluding carboxylic acids is 1. The monoisotopic (exact) mass is 386 g/mol. The summed E-state index contributed by atoms with van der Waals surface area (Å²) in [6, 6.07) is 13.0. The maximum Gasteiger partial charge on any atom is 0.167 e. The summed E-state index contributed by atoms with van der Waals surface area (Å²) < 4.78 is 1.80. The first-order valence-corrected chi connectivity index (χ1v) is 7.25. The van der Waals surface area contributed by atoms with Gasteiger partial charge in [0, 0.05) is 20.9 Å². The first-order chi connectivity index (χ1) is 8.56. The first-order valence-electron chi connectivity index (χ1n) is 5.29. The number of hydrogen-bond donors (Lipinski definition) is 0.